The van der Waals surface area contributed by atoms with E-state index in [0.717, 1.165) is 0 Å². The van der Waals surface area contributed by atoms with Gasteiger partial charge in [-0.2, -0.15) is 0 Å². The number of nitrogens with one attached hydrogen (secondary N) is 2. The predicted molar refractivity (Wildman–Crippen MR) is 109 cm³/mol. The molecule has 29 heavy (non-hydrogen) atoms. The van der Waals surface area contributed by atoms with Crippen LogP contribution in [-0.4, -0.2) is 43.0 Å². The molecule has 1 fully saturated rings. The molecule has 0 saturated carbocycles. The summed E-state index contributed by atoms with van der Waals surface area (Å²) in [4.78, 5) is 37.0. The second-order valence-corrected chi connectivity index (χ2v) is 6.49. The highest BCUT2D eigenvalue weighted by atomic mass is 16.6. The van der Waals surface area contributed by atoms with E-state index in [9.17, 15) is 19.7 Å². The van der Waals surface area contributed by atoms with E-state index in [2.05, 4.69) is 10.6 Å². The molecule has 1 aliphatic heterocycles. The molecule has 2 aromatic rings. The van der Waals surface area contributed by atoms with Gasteiger partial charge in [0.05, 0.1) is 29.4 Å². The molecule has 1 saturated heterocycles. The molecule has 0 spiro atoms. The molecular formula is C20H22N4O5. The zero-order valence-corrected chi connectivity index (χ0v) is 16.0. The van der Waals surface area contributed by atoms with E-state index < -0.39 is 10.8 Å². The molecule has 3 rings (SSSR count). The van der Waals surface area contributed by atoms with Gasteiger partial charge in [-0.3, -0.25) is 19.7 Å². The highest BCUT2D eigenvalue weighted by Gasteiger charge is 2.22. The third kappa shape index (κ3) is 5.08. The van der Waals surface area contributed by atoms with Crippen molar-refractivity contribution in [2.24, 2.45) is 0 Å². The molecule has 152 valence electrons. The van der Waals surface area contributed by atoms with Crippen molar-refractivity contribution in [3.8, 4) is 0 Å². The van der Waals surface area contributed by atoms with Gasteiger partial charge >= 0.3 is 0 Å². The van der Waals surface area contributed by atoms with Gasteiger partial charge in [-0.1, -0.05) is 6.92 Å². The Morgan fingerprint density at radius 1 is 1.07 bits per heavy atom. The molecule has 0 aromatic heterocycles. The second-order valence-electron chi connectivity index (χ2n) is 6.49. The molecule has 9 heteroatoms. The van der Waals surface area contributed by atoms with Crippen molar-refractivity contribution >= 4 is 34.6 Å². The lowest BCUT2D eigenvalue weighted by atomic mass is 10.1. The van der Waals surface area contributed by atoms with Crippen molar-refractivity contribution in [1.29, 1.82) is 0 Å². The summed E-state index contributed by atoms with van der Waals surface area (Å²) in [7, 11) is 0. The Balaban J connectivity index is 1.82. The van der Waals surface area contributed by atoms with Gasteiger partial charge in [0.25, 0.3) is 11.6 Å². The number of rotatable bonds is 6. The Hall–Kier alpha value is -3.46. The van der Waals surface area contributed by atoms with Crippen LogP contribution in [0.1, 0.15) is 23.7 Å². The molecule has 1 heterocycles. The fraction of sp³-hybridized carbons (Fsp3) is 0.300. The topological polar surface area (TPSA) is 114 Å². The van der Waals surface area contributed by atoms with Crippen LogP contribution < -0.4 is 15.5 Å². The fourth-order valence-corrected chi connectivity index (χ4v) is 2.98. The number of nitrogens with zero attached hydrogens (tertiary/aromatic N) is 2. The number of morpholine rings is 1. The summed E-state index contributed by atoms with van der Waals surface area (Å²) < 4.78 is 5.35. The lowest BCUT2D eigenvalue weighted by molar-refractivity contribution is -0.384. The fourth-order valence-electron chi connectivity index (χ4n) is 2.98. The Morgan fingerprint density at radius 2 is 1.69 bits per heavy atom. The van der Waals surface area contributed by atoms with Crippen LogP contribution in [0, 0.1) is 10.1 Å². The SMILES string of the molecule is CCC(=O)Nc1ccc(NC(=O)c2cc([N+](=O)[O-])ccc2N2CCOCC2)cc1. The Labute approximate surface area is 167 Å². The summed E-state index contributed by atoms with van der Waals surface area (Å²) in [5.41, 5.74) is 1.85. The number of nitro benzene ring substituents is 1. The Bertz CT molecular complexity index is 908. The zero-order valence-electron chi connectivity index (χ0n) is 16.0. The van der Waals surface area contributed by atoms with Crippen LogP contribution in [0.5, 0.6) is 0 Å². The number of carbonyl (C=O) groups excluding carboxylic acids is 2. The third-order valence-electron chi connectivity index (χ3n) is 4.53. The molecule has 0 bridgehead atoms. The van der Waals surface area contributed by atoms with Crippen molar-refractivity contribution in [1.82, 2.24) is 0 Å². The molecule has 0 aliphatic carbocycles. The molecular weight excluding hydrogens is 376 g/mol. The standard InChI is InChI=1S/C20H22N4O5/c1-2-19(25)21-14-3-5-15(6-4-14)22-20(26)17-13-16(24(27)28)7-8-18(17)23-9-11-29-12-10-23/h3-8,13H,2,9-12H2,1H3,(H,21,25)(H,22,26). The number of amides is 2. The molecule has 1 aliphatic rings. The number of hydrogen-bond donors (Lipinski definition) is 2. The second kappa shape index (κ2) is 9.16. The van der Waals surface area contributed by atoms with Gasteiger partial charge in [0, 0.05) is 43.0 Å². The summed E-state index contributed by atoms with van der Waals surface area (Å²) in [6.45, 7) is 4.02. The lowest BCUT2D eigenvalue weighted by Gasteiger charge is -2.30. The number of carbonyl (C=O) groups is 2. The van der Waals surface area contributed by atoms with Crippen molar-refractivity contribution in [3.05, 3.63) is 58.1 Å². The van der Waals surface area contributed by atoms with Crippen LogP contribution >= 0.6 is 0 Å². The van der Waals surface area contributed by atoms with E-state index in [4.69, 9.17) is 4.74 Å². The van der Waals surface area contributed by atoms with Crippen molar-refractivity contribution < 1.29 is 19.2 Å². The van der Waals surface area contributed by atoms with E-state index in [-0.39, 0.29) is 17.2 Å². The minimum Gasteiger partial charge on any atom is -0.378 e. The maximum absolute atomic E-state index is 12.9. The molecule has 0 atom stereocenters. The summed E-state index contributed by atoms with van der Waals surface area (Å²) in [5.74, 6) is -0.547. The third-order valence-corrected chi connectivity index (χ3v) is 4.53. The number of anilines is 3. The minimum atomic E-state index is -0.523. The van der Waals surface area contributed by atoms with Crippen LogP contribution in [-0.2, 0) is 9.53 Å². The van der Waals surface area contributed by atoms with Crippen LogP contribution in [0.2, 0.25) is 0 Å². The van der Waals surface area contributed by atoms with Gasteiger partial charge in [-0.25, -0.2) is 0 Å². The van der Waals surface area contributed by atoms with Crippen molar-refractivity contribution in [2.45, 2.75) is 13.3 Å². The van der Waals surface area contributed by atoms with E-state index in [0.29, 0.717) is 49.8 Å². The molecule has 2 aromatic carbocycles. The normalized spacial score (nSPS) is 13.6. The van der Waals surface area contributed by atoms with E-state index in [1.807, 2.05) is 4.90 Å². The first-order chi connectivity index (χ1) is 14.0. The monoisotopic (exact) mass is 398 g/mol. The van der Waals surface area contributed by atoms with Crippen molar-refractivity contribution in [2.75, 3.05) is 41.8 Å². The largest absolute Gasteiger partial charge is 0.378 e. The minimum absolute atomic E-state index is 0.103. The van der Waals surface area contributed by atoms with Gasteiger partial charge in [-0.15, -0.1) is 0 Å². The first-order valence-electron chi connectivity index (χ1n) is 9.30. The summed E-state index contributed by atoms with van der Waals surface area (Å²) in [6.07, 6.45) is 0.371. The number of ether oxygens (including phenoxy) is 1. The Kier molecular flexibility index (Phi) is 6.40. The molecule has 2 N–H and O–H groups in total. The summed E-state index contributed by atoms with van der Waals surface area (Å²) in [5, 5.41) is 16.7. The number of hydrogen-bond acceptors (Lipinski definition) is 6. The Morgan fingerprint density at radius 3 is 2.28 bits per heavy atom. The first kappa shape index (κ1) is 20.3. The van der Waals surface area contributed by atoms with Crippen LogP contribution in [0.25, 0.3) is 0 Å². The van der Waals surface area contributed by atoms with E-state index in [1.54, 1.807) is 37.3 Å². The van der Waals surface area contributed by atoms with Gasteiger partial charge in [0.1, 0.15) is 0 Å². The maximum atomic E-state index is 12.9. The van der Waals surface area contributed by atoms with E-state index >= 15 is 0 Å². The molecule has 0 unspecified atom stereocenters. The molecule has 0 radical (unpaired) electrons. The average Bonchev–Trinajstić information content (AvgIpc) is 2.75. The van der Waals surface area contributed by atoms with Gasteiger partial charge < -0.3 is 20.3 Å². The van der Waals surface area contributed by atoms with Crippen LogP contribution in [0.15, 0.2) is 42.5 Å². The zero-order chi connectivity index (χ0) is 20.8. The summed E-state index contributed by atoms with van der Waals surface area (Å²) >= 11 is 0. The quantitative estimate of drug-likeness (QED) is 0.571. The molecule has 9 nitrogen and oxygen atoms in total. The predicted octanol–water partition coefficient (Wildman–Crippen LogP) is 3.03. The number of nitro groups is 1. The number of benzene rings is 2. The van der Waals surface area contributed by atoms with Crippen molar-refractivity contribution in [3.63, 3.8) is 0 Å². The lowest BCUT2D eigenvalue weighted by Crippen LogP contribution is -2.37. The molecule has 2 amide bonds. The van der Waals surface area contributed by atoms with Gasteiger partial charge in [0.2, 0.25) is 5.91 Å². The smallest absolute Gasteiger partial charge is 0.270 e. The van der Waals surface area contributed by atoms with E-state index in [1.165, 1.54) is 12.1 Å². The maximum Gasteiger partial charge on any atom is 0.270 e. The first-order valence-corrected chi connectivity index (χ1v) is 9.30. The van der Waals surface area contributed by atoms with Gasteiger partial charge in [-0.05, 0) is 30.3 Å². The highest BCUT2D eigenvalue weighted by molar-refractivity contribution is 6.08. The average molecular weight is 398 g/mol. The number of non-ortho nitro benzene ring substituents is 1. The van der Waals surface area contributed by atoms with Gasteiger partial charge in [0.15, 0.2) is 0 Å². The highest BCUT2D eigenvalue weighted by Crippen LogP contribution is 2.27. The van der Waals surface area contributed by atoms with Crippen LogP contribution in [0.4, 0.5) is 22.7 Å². The summed E-state index contributed by atoms with van der Waals surface area (Å²) in [6, 6.07) is 11.0. The van der Waals surface area contributed by atoms with Crippen LogP contribution in [0.3, 0.4) is 0 Å².